The van der Waals surface area contributed by atoms with Gasteiger partial charge in [0.25, 0.3) is 0 Å². The Morgan fingerprint density at radius 2 is 1.66 bits per heavy atom. The molecule has 1 aliphatic carbocycles. The molecule has 1 atom stereocenters. The summed E-state index contributed by atoms with van der Waals surface area (Å²) in [7, 11) is 0. The van der Waals surface area contributed by atoms with Crippen LogP contribution in [0.25, 0.3) is 0 Å². The first-order chi connectivity index (χ1) is 13.9. The molecule has 4 heteroatoms. The Balaban J connectivity index is 1.32. The van der Waals surface area contributed by atoms with Gasteiger partial charge in [0.2, 0.25) is 0 Å². The van der Waals surface area contributed by atoms with Crippen LogP contribution in [0, 0.1) is 5.92 Å². The molecule has 2 aromatic carbocycles. The molecule has 1 saturated carbocycles. The zero-order chi connectivity index (χ0) is 20.3. The third-order valence-corrected chi connectivity index (χ3v) is 6.95. The van der Waals surface area contributed by atoms with Crippen molar-refractivity contribution in [3.05, 3.63) is 71.3 Å². The molecule has 2 aromatic rings. The summed E-state index contributed by atoms with van der Waals surface area (Å²) in [5.41, 5.74) is 2.26. The van der Waals surface area contributed by atoms with Gasteiger partial charge in [0.05, 0.1) is 5.56 Å². The second-order valence-corrected chi connectivity index (χ2v) is 8.98. The molecule has 2 aliphatic rings. The molecule has 2 fully saturated rings. The van der Waals surface area contributed by atoms with Crippen LogP contribution in [0.1, 0.15) is 55.2 Å². The predicted octanol–water partition coefficient (Wildman–Crippen LogP) is 6.47. The maximum atomic E-state index is 12.7. The molecule has 0 N–H and O–H groups in total. The zero-order valence-corrected chi connectivity index (χ0v) is 16.9. The first kappa shape index (κ1) is 20.5. The van der Waals surface area contributed by atoms with Crippen molar-refractivity contribution in [3.63, 3.8) is 0 Å². The molecule has 1 nitrogen and oxygen atoms in total. The maximum absolute atomic E-state index is 12.7. The number of nitrogens with zero attached hydrogens (tertiary/aromatic N) is 1. The minimum atomic E-state index is -4.25. The minimum absolute atomic E-state index is 0.330. The lowest BCUT2D eigenvalue weighted by atomic mass is 9.64. The second kappa shape index (κ2) is 8.51. The van der Waals surface area contributed by atoms with Crippen molar-refractivity contribution < 1.29 is 13.2 Å². The maximum Gasteiger partial charge on any atom is 0.416 e. The molecule has 0 amide bonds. The standard InChI is InChI=1S/C25H30F3N/c26-25(27,28)23-13-11-20(12-14-23)9-10-21-6-4-17-29(18-21)19-24(15-5-16-24)22-7-2-1-3-8-22/h1-3,7-8,11-14,21H,4-6,9-10,15-19H2. The highest BCUT2D eigenvalue weighted by Gasteiger charge is 2.40. The van der Waals surface area contributed by atoms with E-state index in [-0.39, 0.29) is 0 Å². The summed E-state index contributed by atoms with van der Waals surface area (Å²) in [5, 5.41) is 0. The third kappa shape index (κ3) is 4.85. The molecule has 156 valence electrons. The molecule has 1 aliphatic heterocycles. The van der Waals surface area contributed by atoms with Crippen LogP contribution in [0.5, 0.6) is 0 Å². The molecule has 0 bridgehead atoms. The van der Waals surface area contributed by atoms with Gasteiger partial charge in [-0.2, -0.15) is 13.2 Å². The van der Waals surface area contributed by atoms with E-state index in [4.69, 9.17) is 0 Å². The van der Waals surface area contributed by atoms with Crippen LogP contribution in [-0.2, 0) is 18.0 Å². The first-order valence-electron chi connectivity index (χ1n) is 10.9. The van der Waals surface area contributed by atoms with E-state index in [1.807, 2.05) is 0 Å². The molecule has 0 radical (unpaired) electrons. The van der Waals surface area contributed by atoms with E-state index in [0.29, 0.717) is 11.3 Å². The van der Waals surface area contributed by atoms with E-state index >= 15 is 0 Å². The van der Waals surface area contributed by atoms with Crippen molar-refractivity contribution in [2.75, 3.05) is 19.6 Å². The van der Waals surface area contributed by atoms with Gasteiger partial charge in [-0.1, -0.05) is 48.9 Å². The van der Waals surface area contributed by atoms with Gasteiger partial charge in [0.15, 0.2) is 0 Å². The van der Waals surface area contributed by atoms with E-state index < -0.39 is 11.7 Å². The van der Waals surface area contributed by atoms with Gasteiger partial charge in [0, 0.05) is 18.5 Å². The molecular formula is C25H30F3N. The van der Waals surface area contributed by atoms with Crippen molar-refractivity contribution in [1.82, 2.24) is 4.90 Å². The van der Waals surface area contributed by atoms with E-state index in [0.717, 1.165) is 31.5 Å². The van der Waals surface area contributed by atoms with Crippen LogP contribution in [0.3, 0.4) is 0 Å². The first-order valence-corrected chi connectivity index (χ1v) is 10.9. The molecule has 1 saturated heterocycles. The van der Waals surface area contributed by atoms with Crippen LogP contribution in [0.4, 0.5) is 13.2 Å². The Morgan fingerprint density at radius 3 is 2.28 bits per heavy atom. The van der Waals surface area contributed by atoms with Crippen LogP contribution < -0.4 is 0 Å². The Kier molecular flexibility index (Phi) is 6.00. The van der Waals surface area contributed by atoms with Crippen LogP contribution in [0.15, 0.2) is 54.6 Å². The lowest BCUT2D eigenvalue weighted by molar-refractivity contribution is -0.137. The van der Waals surface area contributed by atoms with Gasteiger partial charge >= 0.3 is 6.18 Å². The van der Waals surface area contributed by atoms with Gasteiger partial charge in [0.1, 0.15) is 0 Å². The van der Waals surface area contributed by atoms with Gasteiger partial charge in [-0.05, 0) is 74.2 Å². The van der Waals surface area contributed by atoms with Gasteiger partial charge < -0.3 is 4.90 Å². The lowest BCUT2D eigenvalue weighted by Gasteiger charge is -2.47. The molecular weight excluding hydrogens is 371 g/mol. The summed E-state index contributed by atoms with van der Waals surface area (Å²) < 4.78 is 38.2. The summed E-state index contributed by atoms with van der Waals surface area (Å²) >= 11 is 0. The molecule has 1 unspecified atom stereocenters. The highest BCUT2D eigenvalue weighted by atomic mass is 19.4. The van der Waals surface area contributed by atoms with Crippen LogP contribution >= 0.6 is 0 Å². The number of alkyl halides is 3. The van der Waals surface area contributed by atoms with Crippen molar-refractivity contribution in [2.24, 2.45) is 5.92 Å². The Morgan fingerprint density at radius 1 is 0.931 bits per heavy atom. The fourth-order valence-corrected chi connectivity index (χ4v) is 5.12. The lowest BCUT2D eigenvalue weighted by Crippen LogP contribution is -2.48. The average Bonchev–Trinajstić information content (AvgIpc) is 2.70. The number of rotatable bonds is 6. The highest BCUT2D eigenvalue weighted by Crippen LogP contribution is 2.44. The molecule has 0 spiro atoms. The third-order valence-electron chi connectivity index (χ3n) is 6.95. The van der Waals surface area contributed by atoms with Crippen LogP contribution in [0.2, 0.25) is 0 Å². The Hall–Kier alpha value is -1.81. The number of halogens is 3. The Labute approximate surface area is 171 Å². The number of benzene rings is 2. The Bertz CT molecular complexity index is 778. The zero-order valence-electron chi connectivity index (χ0n) is 16.9. The average molecular weight is 402 g/mol. The topological polar surface area (TPSA) is 3.24 Å². The number of hydrogen-bond donors (Lipinski definition) is 0. The molecule has 1 heterocycles. The number of hydrogen-bond acceptors (Lipinski definition) is 1. The summed E-state index contributed by atoms with van der Waals surface area (Å²) in [4.78, 5) is 2.65. The normalized spacial score (nSPS) is 22.2. The van der Waals surface area contributed by atoms with Crippen molar-refractivity contribution in [1.29, 1.82) is 0 Å². The predicted molar refractivity (Wildman–Crippen MR) is 111 cm³/mol. The largest absolute Gasteiger partial charge is 0.416 e. The minimum Gasteiger partial charge on any atom is -0.302 e. The quantitative estimate of drug-likeness (QED) is 0.536. The molecule has 0 aromatic heterocycles. The van der Waals surface area contributed by atoms with E-state index in [2.05, 4.69) is 35.2 Å². The van der Waals surface area contributed by atoms with Crippen molar-refractivity contribution in [3.8, 4) is 0 Å². The summed E-state index contributed by atoms with van der Waals surface area (Å²) in [6.45, 7) is 3.44. The van der Waals surface area contributed by atoms with Crippen molar-refractivity contribution >= 4 is 0 Å². The SMILES string of the molecule is FC(F)(F)c1ccc(CCC2CCCN(CC3(c4ccccc4)CCC3)C2)cc1. The summed E-state index contributed by atoms with van der Waals surface area (Å²) in [6, 6.07) is 16.7. The number of aryl methyl sites for hydroxylation is 1. The van der Waals surface area contributed by atoms with Gasteiger partial charge in [-0.3, -0.25) is 0 Å². The second-order valence-electron chi connectivity index (χ2n) is 8.98. The van der Waals surface area contributed by atoms with Crippen LogP contribution in [-0.4, -0.2) is 24.5 Å². The monoisotopic (exact) mass is 401 g/mol. The smallest absolute Gasteiger partial charge is 0.302 e. The number of piperidine rings is 1. The highest BCUT2D eigenvalue weighted by molar-refractivity contribution is 5.29. The van der Waals surface area contributed by atoms with E-state index in [1.54, 1.807) is 12.1 Å². The fourth-order valence-electron chi connectivity index (χ4n) is 5.12. The molecule has 4 rings (SSSR count). The fraction of sp³-hybridized carbons (Fsp3) is 0.520. The summed E-state index contributed by atoms with van der Waals surface area (Å²) in [5.74, 6) is 0.638. The van der Waals surface area contributed by atoms with Crippen molar-refractivity contribution in [2.45, 2.75) is 56.5 Å². The summed E-state index contributed by atoms with van der Waals surface area (Å²) in [6.07, 6.45) is 4.00. The molecule has 29 heavy (non-hydrogen) atoms. The number of likely N-dealkylation sites (tertiary alicyclic amines) is 1. The van der Waals surface area contributed by atoms with E-state index in [9.17, 15) is 13.2 Å². The van der Waals surface area contributed by atoms with E-state index in [1.165, 1.54) is 56.3 Å². The van der Waals surface area contributed by atoms with Gasteiger partial charge in [-0.15, -0.1) is 0 Å². The van der Waals surface area contributed by atoms with Gasteiger partial charge in [-0.25, -0.2) is 0 Å².